The van der Waals surface area contributed by atoms with E-state index in [0.29, 0.717) is 29.7 Å². The van der Waals surface area contributed by atoms with Crippen LogP contribution in [0.2, 0.25) is 0 Å². The third kappa shape index (κ3) is 7.42. The van der Waals surface area contributed by atoms with Gasteiger partial charge in [-0.15, -0.1) is 10.2 Å². The number of aromatic nitrogens is 2. The van der Waals surface area contributed by atoms with Crippen LogP contribution in [0.3, 0.4) is 0 Å². The van der Waals surface area contributed by atoms with Gasteiger partial charge in [0.2, 0.25) is 5.13 Å². The molecule has 0 saturated heterocycles. The van der Waals surface area contributed by atoms with Crippen molar-refractivity contribution in [3.05, 3.63) is 69.7 Å². The molecule has 0 aliphatic carbocycles. The van der Waals surface area contributed by atoms with Crippen LogP contribution in [0.1, 0.15) is 41.5 Å². The first-order valence-corrected chi connectivity index (χ1v) is 12.0. The zero-order chi connectivity index (χ0) is 24.3. The molecule has 0 spiro atoms. The summed E-state index contributed by atoms with van der Waals surface area (Å²) >= 11 is 1.33. The first-order chi connectivity index (χ1) is 16.5. The zero-order valence-electron chi connectivity index (χ0n) is 19.6. The Morgan fingerprint density at radius 2 is 1.88 bits per heavy atom. The van der Waals surface area contributed by atoms with Crippen molar-refractivity contribution in [2.75, 3.05) is 18.5 Å². The SMILES string of the molecule is CCCCc1nnc(NC(=O)C(C#N)=Cc2ccc(OCCOc3cc(C)ccc3C)cc2)s1. The molecule has 7 nitrogen and oxygen atoms in total. The number of anilines is 1. The fourth-order valence-corrected chi connectivity index (χ4v) is 3.82. The fourth-order valence-electron chi connectivity index (χ4n) is 3.05. The molecular formula is C26H28N4O3S. The predicted octanol–water partition coefficient (Wildman–Crippen LogP) is 5.50. The summed E-state index contributed by atoms with van der Waals surface area (Å²) in [6.45, 7) is 6.97. The number of carbonyl (C=O) groups is 1. The minimum absolute atomic E-state index is 0.0131. The van der Waals surface area contributed by atoms with Crippen LogP contribution in [0.5, 0.6) is 11.5 Å². The third-order valence-electron chi connectivity index (χ3n) is 4.94. The van der Waals surface area contributed by atoms with E-state index in [1.807, 2.05) is 32.0 Å². The fraction of sp³-hybridized carbons (Fsp3) is 0.308. The van der Waals surface area contributed by atoms with Crippen LogP contribution >= 0.6 is 11.3 Å². The standard InChI is InChI=1S/C26H28N4O3S/c1-4-5-6-24-29-30-26(34-24)28-25(31)21(17-27)16-20-9-11-22(12-10-20)32-13-14-33-23-15-18(2)7-8-19(23)3/h7-12,15-16H,4-6,13-14H2,1-3H3,(H,28,30,31). The van der Waals surface area contributed by atoms with Gasteiger partial charge in [0, 0.05) is 6.42 Å². The lowest BCUT2D eigenvalue weighted by Crippen LogP contribution is -2.13. The van der Waals surface area contributed by atoms with Gasteiger partial charge in [-0.2, -0.15) is 5.26 Å². The topological polar surface area (TPSA) is 97.1 Å². The van der Waals surface area contributed by atoms with Gasteiger partial charge in [0.15, 0.2) is 0 Å². The smallest absolute Gasteiger partial charge is 0.268 e. The molecule has 0 saturated carbocycles. The molecular weight excluding hydrogens is 448 g/mol. The Morgan fingerprint density at radius 1 is 1.12 bits per heavy atom. The lowest BCUT2D eigenvalue weighted by molar-refractivity contribution is -0.112. The van der Waals surface area contributed by atoms with E-state index in [1.54, 1.807) is 24.3 Å². The van der Waals surface area contributed by atoms with E-state index in [-0.39, 0.29) is 5.57 Å². The largest absolute Gasteiger partial charge is 0.490 e. The minimum Gasteiger partial charge on any atom is -0.490 e. The minimum atomic E-state index is -0.510. The van der Waals surface area contributed by atoms with Crippen LogP contribution < -0.4 is 14.8 Å². The first-order valence-electron chi connectivity index (χ1n) is 11.2. The molecule has 3 rings (SSSR count). The normalized spacial score (nSPS) is 11.1. The molecule has 0 aliphatic rings. The van der Waals surface area contributed by atoms with Crippen molar-refractivity contribution < 1.29 is 14.3 Å². The first kappa shape index (κ1) is 24.9. The number of unbranched alkanes of at least 4 members (excludes halogenated alkanes) is 1. The van der Waals surface area contributed by atoms with E-state index < -0.39 is 5.91 Å². The van der Waals surface area contributed by atoms with Crippen molar-refractivity contribution in [2.24, 2.45) is 0 Å². The van der Waals surface area contributed by atoms with Crippen molar-refractivity contribution in [1.82, 2.24) is 10.2 Å². The van der Waals surface area contributed by atoms with Crippen LogP contribution in [0.25, 0.3) is 6.08 Å². The van der Waals surface area contributed by atoms with Crippen molar-refractivity contribution in [2.45, 2.75) is 40.0 Å². The Bertz CT molecular complexity index is 1180. The van der Waals surface area contributed by atoms with Gasteiger partial charge < -0.3 is 9.47 Å². The summed E-state index contributed by atoms with van der Waals surface area (Å²) in [5.41, 5.74) is 2.94. The summed E-state index contributed by atoms with van der Waals surface area (Å²) in [5, 5.41) is 21.4. The van der Waals surface area contributed by atoms with Gasteiger partial charge in [0.25, 0.3) is 5.91 Å². The van der Waals surface area contributed by atoms with Gasteiger partial charge in [-0.3, -0.25) is 10.1 Å². The molecule has 0 fully saturated rings. The summed E-state index contributed by atoms with van der Waals surface area (Å²) < 4.78 is 11.5. The number of benzene rings is 2. The Hall–Kier alpha value is -3.70. The number of hydrogen-bond donors (Lipinski definition) is 1. The highest BCUT2D eigenvalue weighted by molar-refractivity contribution is 7.15. The van der Waals surface area contributed by atoms with E-state index in [2.05, 4.69) is 28.5 Å². The molecule has 1 aromatic heterocycles. The molecule has 1 heterocycles. The monoisotopic (exact) mass is 476 g/mol. The van der Waals surface area contributed by atoms with E-state index in [0.717, 1.165) is 41.1 Å². The number of nitriles is 1. The molecule has 8 heteroatoms. The predicted molar refractivity (Wildman–Crippen MR) is 134 cm³/mol. The number of ether oxygens (including phenoxy) is 2. The van der Waals surface area contributed by atoms with E-state index in [4.69, 9.17) is 9.47 Å². The molecule has 0 radical (unpaired) electrons. The van der Waals surface area contributed by atoms with Crippen LogP contribution in [-0.4, -0.2) is 29.3 Å². The number of amides is 1. The van der Waals surface area contributed by atoms with Crippen molar-refractivity contribution in [1.29, 1.82) is 5.26 Å². The Labute approximate surface area is 204 Å². The van der Waals surface area contributed by atoms with Gasteiger partial charge in [0.05, 0.1) is 0 Å². The number of hydrogen-bond acceptors (Lipinski definition) is 7. The average Bonchev–Trinajstić information content (AvgIpc) is 3.28. The van der Waals surface area contributed by atoms with Gasteiger partial charge in [-0.1, -0.05) is 48.9 Å². The number of carbonyl (C=O) groups excluding carboxylic acids is 1. The summed E-state index contributed by atoms with van der Waals surface area (Å²) in [6.07, 6.45) is 4.44. The molecule has 2 aromatic carbocycles. The molecule has 0 bridgehead atoms. The summed E-state index contributed by atoms with van der Waals surface area (Å²) in [4.78, 5) is 12.5. The second kappa shape index (κ2) is 12.5. The number of aryl methyl sites for hydroxylation is 3. The van der Waals surface area contributed by atoms with E-state index in [1.165, 1.54) is 17.4 Å². The summed E-state index contributed by atoms with van der Waals surface area (Å²) in [7, 11) is 0. The number of nitrogens with one attached hydrogen (secondary N) is 1. The summed E-state index contributed by atoms with van der Waals surface area (Å²) in [5.74, 6) is 1.03. The lowest BCUT2D eigenvalue weighted by atomic mass is 10.1. The highest BCUT2D eigenvalue weighted by Gasteiger charge is 2.13. The van der Waals surface area contributed by atoms with Gasteiger partial charge in [-0.25, -0.2) is 0 Å². The molecule has 3 aromatic rings. The molecule has 1 amide bonds. The van der Waals surface area contributed by atoms with Crippen LogP contribution in [-0.2, 0) is 11.2 Å². The van der Waals surface area contributed by atoms with Crippen molar-refractivity contribution in [3.8, 4) is 17.6 Å². The molecule has 0 unspecified atom stereocenters. The van der Waals surface area contributed by atoms with Crippen LogP contribution in [0.15, 0.2) is 48.0 Å². The average molecular weight is 477 g/mol. The maximum absolute atomic E-state index is 12.5. The summed E-state index contributed by atoms with van der Waals surface area (Å²) in [6, 6.07) is 15.2. The number of rotatable bonds is 11. The second-order valence-electron chi connectivity index (χ2n) is 7.76. The molecule has 0 aliphatic heterocycles. The maximum Gasteiger partial charge on any atom is 0.268 e. The molecule has 1 N–H and O–H groups in total. The Morgan fingerprint density at radius 3 is 2.62 bits per heavy atom. The number of nitrogens with zero attached hydrogens (tertiary/aromatic N) is 3. The molecule has 176 valence electrons. The lowest BCUT2D eigenvalue weighted by Gasteiger charge is -2.11. The van der Waals surface area contributed by atoms with Crippen LogP contribution in [0, 0.1) is 25.2 Å². The second-order valence-corrected chi connectivity index (χ2v) is 8.83. The van der Waals surface area contributed by atoms with Crippen LogP contribution in [0.4, 0.5) is 5.13 Å². The highest BCUT2D eigenvalue weighted by atomic mass is 32.1. The van der Waals surface area contributed by atoms with Gasteiger partial charge >= 0.3 is 0 Å². The Balaban J connectivity index is 1.51. The third-order valence-corrected chi connectivity index (χ3v) is 5.84. The van der Waals surface area contributed by atoms with E-state index >= 15 is 0 Å². The van der Waals surface area contributed by atoms with E-state index in [9.17, 15) is 10.1 Å². The van der Waals surface area contributed by atoms with Crippen molar-refractivity contribution in [3.63, 3.8) is 0 Å². The quantitative estimate of drug-likeness (QED) is 0.223. The van der Waals surface area contributed by atoms with Crippen molar-refractivity contribution >= 4 is 28.5 Å². The zero-order valence-corrected chi connectivity index (χ0v) is 20.4. The Kier molecular flexibility index (Phi) is 9.18. The highest BCUT2D eigenvalue weighted by Crippen LogP contribution is 2.20. The molecule has 0 atom stereocenters. The molecule has 34 heavy (non-hydrogen) atoms. The van der Waals surface area contributed by atoms with Gasteiger partial charge in [-0.05, 0) is 61.2 Å². The van der Waals surface area contributed by atoms with Gasteiger partial charge in [0.1, 0.15) is 41.4 Å². The maximum atomic E-state index is 12.5.